The van der Waals surface area contributed by atoms with Gasteiger partial charge in [0.2, 0.25) is 0 Å². The van der Waals surface area contributed by atoms with Gasteiger partial charge in [0, 0.05) is 22.9 Å². The van der Waals surface area contributed by atoms with Gasteiger partial charge in [0.05, 0.1) is 4.90 Å². The summed E-state index contributed by atoms with van der Waals surface area (Å²) in [5.41, 5.74) is 3.30. The molecule has 4 nitrogen and oxygen atoms in total. The van der Waals surface area contributed by atoms with Crippen molar-refractivity contribution in [3.8, 4) is 28.0 Å². The number of hydrogen-bond acceptors (Lipinski definition) is 4. The van der Waals surface area contributed by atoms with Crippen molar-refractivity contribution in [3.63, 3.8) is 0 Å². The lowest BCUT2D eigenvalue weighted by molar-refractivity contribution is 0.101. The van der Waals surface area contributed by atoms with Gasteiger partial charge in [-0.3, -0.25) is 4.79 Å². The fourth-order valence-electron chi connectivity index (χ4n) is 2.75. The molecule has 0 aromatic heterocycles. The van der Waals surface area contributed by atoms with E-state index < -0.39 is 9.84 Å². The smallest absolute Gasteiger partial charge is 0.175 e. The molecule has 0 aliphatic carbocycles. The first kappa shape index (κ1) is 17.9. The molecule has 0 spiro atoms. The Balaban J connectivity index is 2.12. The average Bonchev–Trinajstić information content (AvgIpc) is 2.61. The van der Waals surface area contributed by atoms with Crippen LogP contribution in [-0.4, -0.2) is 25.6 Å². The maximum Gasteiger partial charge on any atom is 0.175 e. The van der Waals surface area contributed by atoms with Gasteiger partial charge in [-0.05, 0) is 42.3 Å². The maximum absolute atomic E-state index is 11.6. The van der Waals surface area contributed by atoms with Crippen molar-refractivity contribution in [2.75, 3.05) is 6.26 Å². The molecule has 0 saturated carbocycles. The van der Waals surface area contributed by atoms with Crippen molar-refractivity contribution in [1.82, 2.24) is 0 Å². The largest absolute Gasteiger partial charge is 0.507 e. The van der Waals surface area contributed by atoms with Crippen LogP contribution in [0.15, 0.2) is 65.6 Å². The first-order valence-electron chi connectivity index (χ1n) is 7.93. The molecule has 0 fully saturated rings. The number of sulfone groups is 1. The molecule has 131 valence electrons. The monoisotopic (exact) mass is 365 g/mol. The zero-order chi connectivity index (χ0) is 18.9. The van der Waals surface area contributed by atoms with Crippen LogP contribution in [0.5, 0.6) is 5.75 Å². The zero-order valence-corrected chi connectivity index (χ0v) is 15.2. The van der Waals surface area contributed by atoms with Crippen LogP contribution >= 0.6 is 0 Å². The second kappa shape index (κ2) is 6.77. The highest BCUT2D eigenvalue weighted by molar-refractivity contribution is 7.90. The predicted octanol–water partition coefficient (Wildman–Crippen LogP) is 4.13. The number of rotatable bonds is 4. The third kappa shape index (κ3) is 3.53. The predicted molar refractivity (Wildman–Crippen MR) is 101 cm³/mol. The lowest BCUT2D eigenvalue weighted by Crippen LogP contribution is -1.96. The fraction of sp³-hybridized carbons (Fsp3) is 0.0952. The number of phenols is 1. The van der Waals surface area contributed by atoms with E-state index in [9.17, 15) is 18.3 Å². The molecule has 5 heteroatoms. The van der Waals surface area contributed by atoms with E-state index in [4.69, 9.17) is 0 Å². The van der Waals surface area contributed by atoms with E-state index in [0.717, 1.165) is 17.4 Å². The van der Waals surface area contributed by atoms with Gasteiger partial charge >= 0.3 is 0 Å². The third-order valence-electron chi connectivity index (χ3n) is 4.13. The molecule has 0 heterocycles. The molecule has 0 aliphatic heterocycles. The SMILES string of the molecule is CC(=O)c1ccc(-c2c(-c3ccc(S(C)(=O)=O)cc3)[c]ccc2O)cc1. The molecule has 1 radical (unpaired) electrons. The fourth-order valence-corrected chi connectivity index (χ4v) is 3.38. The minimum atomic E-state index is -3.28. The maximum atomic E-state index is 11.6. The summed E-state index contributed by atoms with van der Waals surface area (Å²) in [5.74, 6) is 0.0542. The van der Waals surface area contributed by atoms with E-state index in [1.54, 1.807) is 48.5 Å². The van der Waals surface area contributed by atoms with Gasteiger partial charge in [-0.25, -0.2) is 8.42 Å². The number of hydrogen-bond donors (Lipinski definition) is 1. The molecule has 0 unspecified atom stereocenters. The molecular weight excluding hydrogens is 348 g/mol. The summed E-state index contributed by atoms with van der Waals surface area (Å²) in [5, 5.41) is 10.4. The molecule has 26 heavy (non-hydrogen) atoms. The van der Waals surface area contributed by atoms with Crippen molar-refractivity contribution in [3.05, 3.63) is 72.3 Å². The Kier molecular flexibility index (Phi) is 4.66. The van der Waals surface area contributed by atoms with Crippen LogP contribution in [0.1, 0.15) is 17.3 Å². The molecule has 3 aromatic rings. The summed E-state index contributed by atoms with van der Waals surface area (Å²) in [6.45, 7) is 1.50. The summed E-state index contributed by atoms with van der Waals surface area (Å²) in [6.07, 6.45) is 1.16. The Hall–Kier alpha value is -2.92. The van der Waals surface area contributed by atoms with E-state index in [1.165, 1.54) is 19.1 Å². The second-order valence-electron chi connectivity index (χ2n) is 6.04. The molecule has 0 bridgehead atoms. The molecular formula is C21H17O4S. The zero-order valence-electron chi connectivity index (χ0n) is 14.4. The Morgan fingerprint density at radius 1 is 0.923 bits per heavy atom. The number of carbonyl (C=O) groups is 1. The molecule has 3 rings (SSSR count). The number of phenolic OH excluding ortho intramolecular Hbond substituents is 1. The highest BCUT2D eigenvalue weighted by atomic mass is 32.2. The number of Topliss-reactive ketones (excluding diaryl/α,β-unsaturated/α-hetero) is 1. The lowest BCUT2D eigenvalue weighted by atomic mass is 9.93. The summed E-state index contributed by atoms with van der Waals surface area (Å²) in [4.78, 5) is 11.7. The van der Waals surface area contributed by atoms with E-state index in [1.807, 2.05) is 0 Å². The Morgan fingerprint density at radius 3 is 2.04 bits per heavy atom. The summed E-state index contributed by atoms with van der Waals surface area (Å²) in [7, 11) is -3.28. The van der Waals surface area contributed by atoms with Crippen LogP contribution in [0.3, 0.4) is 0 Å². The van der Waals surface area contributed by atoms with Gasteiger partial charge in [0.25, 0.3) is 0 Å². The number of carbonyl (C=O) groups excluding carboxylic acids is 1. The van der Waals surface area contributed by atoms with Crippen LogP contribution in [0.2, 0.25) is 0 Å². The number of aromatic hydroxyl groups is 1. The molecule has 0 amide bonds. The van der Waals surface area contributed by atoms with Crippen LogP contribution in [0, 0.1) is 6.07 Å². The van der Waals surface area contributed by atoms with Crippen molar-refractivity contribution in [2.45, 2.75) is 11.8 Å². The van der Waals surface area contributed by atoms with Crippen LogP contribution in [0.4, 0.5) is 0 Å². The van der Waals surface area contributed by atoms with Crippen LogP contribution in [-0.2, 0) is 9.84 Å². The lowest BCUT2D eigenvalue weighted by Gasteiger charge is -2.12. The topological polar surface area (TPSA) is 71.4 Å². The van der Waals surface area contributed by atoms with Crippen LogP contribution in [0.25, 0.3) is 22.3 Å². The van der Waals surface area contributed by atoms with Gasteiger partial charge in [-0.1, -0.05) is 42.5 Å². The van der Waals surface area contributed by atoms with Crippen molar-refractivity contribution in [1.29, 1.82) is 0 Å². The van der Waals surface area contributed by atoms with Gasteiger partial charge < -0.3 is 5.11 Å². The van der Waals surface area contributed by atoms with Gasteiger partial charge in [-0.2, -0.15) is 0 Å². The third-order valence-corrected chi connectivity index (χ3v) is 5.25. The Labute approximate surface area is 152 Å². The van der Waals surface area contributed by atoms with E-state index >= 15 is 0 Å². The van der Waals surface area contributed by atoms with Gasteiger partial charge in [0.15, 0.2) is 15.6 Å². The van der Waals surface area contributed by atoms with Gasteiger partial charge in [-0.15, -0.1) is 0 Å². The van der Waals surface area contributed by atoms with E-state index in [-0.39, 0.29) is 16.4 Å². The first-order chi connectivity index (χ1) is 12.3. The molecule has 3 aromatic carbocycles. The van der Waals surface area contributed by atoms with Gasteiger partial charge in [0.1, 0.15) is 5.75 Å². The summed E-state index contributed by atoms with van der Waals surface area (Å²) in [6, 6.07) is 19.7. The minimum absolute atomic E-state index is 0.0306. The summed E-state index contributed by atoms with van der Waals surface area (Å²) < 4.78 is 23.3. The highest BCUT2D eigenvalue weighted by Crippen LogP contribution is 2.38. The number of benzene rings is 3. The highest BCUT2D eigenvalue weighted by Gasteiger charge is 2.14. The number of ketones is 1. The molecule has 0 aliphatic rings. The summed E-state index contributed by atoms with van der Waals surface area (Å²) >= 11 is 0. The van der Waals surface area contributed by atoms with Crippen LogP contribution < -0.4 is 0 Å². The van der Waals surface area contributed by atoms with E-state index in [2.05, 4.69) is 6.07 Å². The van der Waals surface area contributed by atoms with Crippen molar-refractivity contribution in [2.24, 2.45) is 0 Å². The Bertz CT molecular complexity index is 1060. The molecule has 0 atom stereocenters. The Morgan fingerprint density at radius 2 is 1.50 bits per heavy atom. The normalized spacial score (nSPS) is 11.3. The molecule has 0 saturated heterocycles. The first-order valence-corrected chi connectivity index (χ1v) is 9.82. The average molecular weight is 365 g/mol. The standard InChI is InChI=1S/C21H17O4S/c1-14(22)15-6-8-17(9-7-15)21-19(4-3-5-20(21)23)16-10-12-18(13-11-16)26(2,24)25/h3,5-13,23H,1-2H3. The molecule has 1 N–H and O–H groups in total. The van der Waals surface area contributed by atoms with E-state index in [0.29, 0.717) is 16.7 Å². The van der Waals surface area contributed by atoms with Crippen molar-refractivity contribution >= 4 is 15.6 Å². The second-order valence-corrected chi connectivity index (χ2v) is 8.06. The minimum Gasteiger partial charge on any atom is -0.507 e. The van der Waals surface area contributed by atoms with Crippen molar-refractivity contribution < 1.29 is 18.3 Å². The quantitative estimate of drug-likeness (QED) is 0.706.